The molecule has 0 bridgehead atoms. The first-order valence-electron chi connectivity index (χ1n) is 6.58. The highest BCUT2D eigenvalue weighted by molar-refractivity contribution is 9.10. The zero-order chi connectivity index (χ0) is 15.2. The molecule has 0 aliphatic rings. The van der Waals surface area contributed by atoms with Crippen LogP contribution in [0.4, 0.5) is 4.39 Å². The quantitative estimate of drug-likeness (QED) is 0.686. The van der Waals surface area contributed by atoms with Crippen molar-refractivity contribution in [1.29, 1.82) is 0 Å². The van der Waals surface area contributed by atoms with Crippen molar-refractivity contribution in [2.24, 2.45) is 0 Å². The van der Waals surface area contributed by atoms with Crippen LogP contribution in [0.25, 0.3) is 0 Å². The summed E-state index contributed by atoms with van der Waals surface area (Å²) in [5, 5.41) is 4.00. The first-order valence-corrected chi connectivity index (χ1v) is 8.74. The second-order valence-corrected chi connectivity index (χ2v) is 7.05. The molecular weight excluding hydrogens is 373 g/mol. The van der Waals surface area contributed by atoms with Gasteiger partial charge in [-0.05, 0) is 49.4 Å². The summed E-state index contributed by atoms with van der Waals surface area (Å²) in [4.78, 5) is 1.05. The minimum Gasteiger partial charge on any atom is -0.316 e. The molecule has 0 aromatic heterocycles. The Bertz CT molecular complexity index is 609. The van der Waals surface area contributed by atoms with Crippen LogP contribution in [0, 0.1) is 5.82 Å². The van der Waals surface area contributed by atoms with Crippen molar-refractivity contribution in [2.45, 2.75) is 17.4 Å². The molecule has 5 heteroatoms. The van der Waals surface area contributed by atoms with E-state index in [2.05, 4.69) is 21.2 Å². The molecule has 2 rings (SSSR count). The van der Waals surface area contributed by atoms with Crippen LogP contribution in [0.3, 0.4) is 0 Å². The lowest BCUT2D eigenvalue weighted by atomic mass is 10.1. The van der Waals surface area contributed by atoms with E-state index in [0.29, 0.717) is 12.0 Å². The molecule has 0 saturated heterocycles. The lowest BCUT2D eigenvalue weighted by Crippen LogP contribution is -2.30. The van der Waals surface area contributed by atoms with Gasteiger partial charge in [0.15, 0.2) is 0 Å². The Morgan fingerprint density at radius 1 is 1.29 bits per heavy atom. The molecular formula is C16H16BrClFNS. The van der Waals surface area contributed by atoms with Crippen LogP contribution < -0.4 is 5.32 Å². The maximum absolute atomic E-state index is 13.8. The van der Waals surface area contributed by atoms with Crippen LogP contribution in [0.5, 0.6) is 0 Å². The highest BCUT2D eigenvalue weighted by Crippen LogP contribution is 2.27. The zero-order valence-corrected chi connectivity index (χ0v) is 14.7. The van der Waals surface area contributed by atoms with Crippen LogP contribution in [0.2, 0.25) is 5.02 Å². The second-order valence-electron chi connectivity index (χ2n) is 4.67. The molecule has 112 valence electrons. The first kappa shape index (κ1) is 16.8. The molecule has 0 spiro atoms. The van der Waals surface area contributed by atoms with Crippen LogP contribution in [-0.4, -0.2) is 18.8 Å². The fourth-order valence-electron chi connectivity index (χ4n) is 1.96. The number of nitrogens with one attached hydrogen (secondary N) is 1. The summed E-state index contributed by atoms with van der Waals surface area (Å²) in [7, 11) is 1.90. The molecule has 0 aliphatic heterocycles. The molecule has 0 amide bonds. The number of thioether (sulfide) groups is 1. The Hall–Kier alpha value is -0.550. The number of rotatable bonds is 6. The fraction of sp³-hybridized carbons (Fsp3) is 0.250. The lowest BCUT2D eigenvalue weighted by Gasteiger charge is -2.17. The van der Waals surface area contributed by atoms with Gasteiger partial charge in [0.2, 0.25) is 0 Å². The third kappa shape index (κ3) is 4.99. The molecule has 0 fully saturated rings. The lowest BCUT2D eigenvalue weighted by molar-refractivity contribution is 0.568. The van der Waals surface area contributed by atoms with Gasteiger partial charge in [-0.3, -0.25) is 0 Å². The summed E-state index contributed by atoms with van der Waals surface area (Å²) in [6, 6.07) is 13.0. The van der Waals surface area contributed by atoms with E-state index in [4.69, 9.17) is 11.6 Å². The molecule has 2 aromatic carbocycles. The van der Waals surface area contributed by atoms with Crippen molar-refractivity contribution >= 4 is 39.3 Å². The SMILES string of the molecule is CNC(CSc1ccccc1Cl)Cc1cc(Br)ccc1F. The molecule has 1 nitrogen and oxygen atoms in total. The van der Waals surface area contributed by atoms with Crippen molar-refractivity contribution in [2.75, 3.05) is 12.8 Å². The van der Waals surface area contributed by atoms with Crippen LogP contribution in [0.1, 0.15) is 5.56 Å². The third-order valence-corrected chi connectivity index (χ3v) is 5.33. The standard InChI is InChI=1S/C16H16BrClFNS/c1-20-13(9-11-8-12(17)6-7-15(11)19)10-21-16-5-3-2-4-14(16)18/h2-8,13,20H,9-10H2,1H3. The minimum absolute atomic E-state index is 0.166. The van der Waals surface area contributed by atoms with Gasteiger partial charge in [-0.1, -0.05) is 39.7 Å². The Labute approximate surface area is 142 Å². The molecule has 1 N–H and O–H groups in total. The highest BCUT2D eigenvalue weighted by atomic mass is 79.9. The predicted molar refractivity (Wildman–Crippen MR) is 92.8 cm³/mol. The minimum atomic E-state index is -0.166. The molecule has 21 heavy (non-hydrogen) atoms. The van der Waals surface area contributed by atoms with Gasteiger partial charge in [-0.2, -0.15) is 0 Å². The number of halogens is 3. The van der Waals surface area contributed by atoms with E-state index in [-0.39, 0.29) is 11.9 Å². The van der Waals surface area contributed by atoms with E-state index < -0.39 is 0 Å². The second kappa shape index (κ2) is 8.18. The van der Waals surface area contributed by atoms with E-state index in [1.807, 2.05) is 37.4 Å². The van der Waals surface area contributed by atoms with E-state index in [1.165, 1.54) is 6.07 Å². The van der Waals surface area contributed by atoms with E-state index in [1.54, 1.807) is 17.8 Å². The largest absolute Gasteiger partial charge is 0.316 e. The van der Waals surface area contributed by atoms with E-state index in [0.717, 1.165) is 20.1 Å². The Balaban J connectivity index is 2.00. The van der Waals surface area contributed by atoms with Gasteiger partial charge in [0.1, 0.15) is 5.82 Å². The molecule has 2 aromatic rings. The maximum atomic E-state index is 13.8. The zero-order valence-electron chi connectivity index (χ0n) is 11.6. The van der Waals surface area contributed by atoms with Gasteiger partial charge >= 0.3 is 0 Å². The topological polar surface area (TPSA) is 12.0 Å². The van der Waals surface area contributed by atoms with Gasteiger partial charge in [-0.25, -0.2) is 4.39 Å². The number of likely N-dealkylation sites (N-methyl/N-ethyl adjacent to an activating group) is 1. The summed E-state index contributed by atoms with van der Waals surface area (Å²) < 4.78 is 14.7. The Morgan fingerprint density at radius 3 is 2.76 bits per heavy atom. The Kier molecular flexibility index (Phi) is 6.55. The normalized spacial score (nSPS) is 12.4. The highest BCUT2D eigenvalue weighted by Gasteiger charge is 2.12. The number of hydrogen-bond donors (Lipinski definition) is 1. The third-order valence-electron chi connectivity index (χ3n) is 3.16. The maximum Gasteiger partial charge on any atom is 0.126 e. The van der Waals surface area contributed by atoms with Crippen molar-refractivity contribution in [1.82, 2.24) is 5.32 Å². The molecule has 0 saturated carbocycles. The van der Waals surface area contributed by atoms with Crippen molar-refractivity contribution < 1.29 is 4.39 Å². The van der Waals surface area contributed by atoms with Crippen LogP contribution in [0.15, 0.2) is 51.8 Å². The molecule has 1 atom stereocenters. The summed E-state index contributed by atoms with van der Waals surface area (Å²) in [6.45, 7) is 0. The van der Waals surface area contributed by atoms with E-state index in [9.17, 15) is 4.39 Å². The van der Waals surface area contributed by atoms with Gasteiger partial charge in [0, 0.05) is 21.2 Å². The molecule has 0 heterocycles. The number of hydrogen-bond acceptors (Lipinski definition) is 2. The van der Waals surface area contributed by atoms with Gasteiger partial charge < -0.3 is 5.32 Å². The predicted octanol–water partition coefficient (Wildman–Crippen LogP) is 5.16. The summed E-state index contributed by atoms with van der Waals surface area (Å²) in [5.41, 5.74) is 0.712. The van der Waals surface area contributed by atoms with Crippen LogP contribution >= 0.6 is 39.3 Å². The van der Waals surface area contributed by atoms with Crippen molar-refractivity contribution in [3.05, 3.63) is 63.3 Å². The molecule has 0 aliphatic carbocycles. The van der Waals surface area contributed by atoms with Crippen molar-refractivity contribution in [3.8, 4) is 0 Å². The summed E-state index contributed by atoms with van der Waals surface area (Å²) in [5.74, 6) is 0.660. The van der Waals surface area contributed by atoms with Gasteiger partial charge in [-0.15, -0.1) is 11.8 Å². The van der Waals surface area contributed by atoms with Crippen molar-refractivity contribution in [3.63, 3.8) is 0 Å². The monoisotopic (exact) mass is 387 g/mol. The summed E-state index contributed by atoms with van der Waals surface area (Å²) >= 11 is 11.2. The summed E-state index contributed by atoms with van der Waals surface area (Å²) in [6.07, 6.45) is 0.638. The van der Waals surface area contributed by atoms with Crippen LogP contribution in [-0.2, 0) is 6.42 Å². The molecule has 1 unspecified atom stereocenters. The van der Waals surface area contributed by atoms with Gasteiger partial charge in [0.05, 0.1) is 5.02 Å². The smallest absolute Gasteiger partial charge is 0.126 e. The number of benzene rings is 2. The molecule has 0 radical (unpaired) electrons. The first-order chi connectivity index (χ1) is 10.1. The average Bonchev–Trinajstić information content (AvgIpc) is 2.48. The Morgan fingerprint density at radius 2 is 2.05 bits per heavy atom. The van der Waals surface area contributed by atoms with Gasteiger partial charge in [0.25, 0.3) is 0 Å². The average molecular weight is 389 g/mol. The van der Waals surface area contributed by atoms with E-state index >= 15 is 0 Å². The fourth-order valence-corrected chi connectivity index (χ4v) is 3.72.